The number of ether oxygens (including phenoxy) is 1. The number of nitrogens with one attached hydrogen (secondary N) is 1. The molecule has 0 bridgehead atoms. The molecule has 7 nitrogen and oxygen atoms in total. The van der Waals surface area contributed by atoms with Gasteiger partial charge in [0.05, 0.1) is 10.5 Å². The normalized spacial score (nSPS) is 12.2. The van der Waals surface area contributed by atoms with Crippen LogP contribution >= 0.6 is 0 Å². The van der Waals surface area contributed by atoms with Crippen LogP contribution in [0.1, 0.15) is 22.8 Å². The van der Waals surface area contributed by atoms with Crippen molar-refractivity contribution < 1.29 is 22.7 Å². The maximum Gasteiger partial charge on any atom is 0.338 e. The molecular formula is C17H18N2O5S. The number of nitrogens with two attached hydrogens (primary N) is 1. The number of carbonyl (C=O) groups is 2. The smallest absolute Gasteiger partial charge is 0.338 e. The molecule has 132 valence electrons. The molecular weight excluding hydrogens is 344 g/mol. The number of anilines is 1. The Morgan fingerprint density at radius 1 is 1.12 bits per heavy atom. The average Bonchev–Trinajstić information content (AvgIpc) is 2.54. The molecule has 0 unspecified atom stereocenters. The Labute approximate surface area is 145 Å². The van der Waals surface area contributed by atoms with Crippen molar-refractivity contribution in [2.45, 2.75) is 24.8 Å². The Morgan fingerprint density at radius 2 is 1.76 bits per heavy atom. The molecule has 3 N–H and O–H groups in total. The average molecular weight is 362 g/mol. The number of hydrogen-bond acceptors (Lipinski definition) is 5. The quantitative estimate of drug-likeness (QED) is 0.761. The number of benzene rings is 2. The van der Waals surface area contributed by atoms with E-state index in [4.69, 9.17) is 10.5 Å². The minimum Gasteiger partial charge on any atom is -0.449 e. The third-order valence-electron chi connectivity index (χ3n) is 3.37. The maximum atomic E-state index is 12.4. The molecule has 8 heteroatoms. The van der Waals surface area contributed by atoms with Gasteiger partial charge in [-0.05, 0) is 44.2 Å². The second kappa shape index (κ2) is 7.35. The first-order chi connectivity index (χ1) is 11.7. The van der Waals surface area contributed by atoms with Crippen molar-refractivity contribution in [1.29, 1.82) is 0 Å². The molecule has 0 aliphatic carbocycles. The van der Waals surface area contributed by atoms with Gasteiger partial charge < -0.3 is 10.5 Å². The minimum atomic E-state index is -3.79. The zero-order chi connectivity index (χ0) is 18.6. The third-order valence-corrected chi connectivity index (χ3v) is 4.76. The van der Waals surface area contributed by atoms with Gasteiger partial charge in [0.2, 0.25) is 0 Å². The lowest BCUT2D eigenvalue weighted by Crippen LogP contribution is -2.30. The molecule has 0 saturated heterocycles. The van der Waals surface area contributed by atoms with Crippen molar-refractivity contribution in [3.8, 4) is 0 Å². The lowest BCUT2D eigenvalue weighted by Gasteiger charge is -2.11. The summed E-state index contributed by atoms with van der Waals surface area (Å²) in [5.41, 5.74) is 6.27. The summed E-state index contributed by atoms with van der Waals surface area (Å²) in [6.45, 7) is 3.20. The topological polar surface area (TPSA) is 116 Å². The first kappa shape index (κ1) is 18.5. The van der Waals surface area contributed by atoms with Crippen LogP contribution in [0.4, 0.5) is 5.69 Å². The summed E-state index contributed by atoms with van der Waals surface area (Å²) in [7, 11) is -3.79. The van der Waals surface area contributed by atoms with Crippen molar-refractivity contribution in [1.82, 2.24) is 0 Å². The molecule has 2 aromatic carbocycles. The van der Waals surface area contributed by atoms with Crippen molar-refractivity contribution >= 4 is 27.6 Å². The monoisotopic (exact) mass is 362 g/mol. The summed E-state index contributed by atoms with van der Waals surface area (Å²) in [6.07, 6.45) is -1.08. The molecule has 1 atom stereocenters. The Kier molecular flexibility index (Phi) is 5.43. The lowest BCUT2D eigenvalue weighted by molar-refractivity contribution is -0.125. The van der Waals surface area contributed by atoms with E-state index in [0.717, 1.165) is 5.56 Å². The predicted octanol–water partition coefficient (Wildman–Crippen LogP) is 1.83. The van der Waals surface area contributed by atoms with E-state index in [9.17, 15) is 18.0 Å². The van der Waals surface area contributed by atoms with Crippen LogP contribution in [0.5, 0.6) is 0 Å². The minimum absolute atomic E-state index is 0.0946. The van der Waals surface area contributed by atoms with Gasteiger partial charge in [-0.2, -0.15) is 0 Å². The van der Waals surface area contributed by atoms with E-state index < -0.39 is 28.0 Å². The Balaban J connectivity index is 2.20. The molecule has 0 aromatic heterocycles. The maximum absolute atomic E-state index is 12.4. The zero-order valence-electron chi connectivity index (χ0n) is 13.7. The second-order valence-corrected chi connectivity index (χ2v) is 7.13. The van der Waals surface area contributed by atoms with E-state index >= 15 is 0 Å². The lowest BCUT2D eigenvalue weighted by atomic mass is 10.2. The Morgan fingerprint density at radius 3 is 2.36 bits per heavy atom. The number of sulfonamides is 1. The highest BCUT2D eigenvalue weighted by molar-refractivity contribution is 7.92. The summed E-state index contributed by atoms with van der Waals surface area (Å²) >= 11 is 0. The van der Waals surface area contributed by atoms with Crippen molar-refractivity contribution in [2.75, 3.05) is 4.72 Å². The number of rotatable bonds is 6. The summed E-state index contributed by atoms with van der Waals surface area (Å²) in [6, 6.07) is 12.1. The van der Waals surface area contributed by atoms with E-state index in [-0.39, 0.29) is 16.1 Å². The standard InChI is InChI=1S/C17H18N2O5S/c1-11-6-8-15(9-7-11)25(22,23)19-14-5-3-4-13(10-14)17(21)24-12(2)16(18)20/h3-10,12,19H,1-2H3,(H2,18,20)/t12-/m0/s1. The van der Waals surface area contributed by atoms with E-state index in [0.29, 0.717) is 0 Å². The van der Waals surface area contributed by atoms with Gasteiger partial charge in [-0.3, -0.25) is 9.52 Å². The molecule has 0 heterocycles. The van der Waals surface area contributed by atoms with Gasteiger partial charge in [0.1, 0.15) is 0 Å². The number of hydrogen-bond donors (Lipinski definition) is 2. The van der Waals surface area contributed by atoms with Gasteiger partial charge in [0.25, 0.3) is 15.9 Å². The van der Waals surface area contributed by atoms with E-state index in [2.05, 4.69) is 4.72 Å². The fourth-order valence-electron chi connectivity index (χ4n) is 1.93. The van der Waals surface area contributed by atoms with Crippen LogP contribution in [-0.4, -0.2) is 26.4 Å². The summed E-state index contributed by atoms with van der Waals surface area (Å²) in [5, 5.41) is 0. The van der Waals surface area contributed by atoms with Gasteiger partial charge in [-0.15, -0.1) is 0 Å². The molecule has 0 spiro atoms. The van der Waals surface area contributed by atoms with Crippen LogP contribution in [0.2, 0.25) is 0 Å². The van der Waals surface area contributed by atoms with Gasteiger partial charge in [-0.1, -0.05) is 23.8 Å². The van der Waals surface area contributed by atoms with Gasteiger partial charge in [0.15, 0.2) is 6.10 Å². The first-order valence-corrected chi connectivity index (χ1v) is 8.87. The highest BCUT2D eigenvalue weighted by Gasteiger charge is 2.18. The molecule has 2 aromatic rings. The molecule has 0 fully saturated rings. The van der Waals surface area contributed by atoms with Crippen LogP contribution in [-0.2, 0) is 19.6 Å². The molecule has 0 radical (unpaired) electrons. The SMILES string of the molecule is Cc1ccc(S(=O)(=O)Nc2cccc(C(=O)O[C@@H](C)C(N)=O)c2)cc1. The number of primary amides is 1. The van der Waals surface area contributed by atoms with Crippen LogP contribution in [0, 0.1) is 6.92 Å². The molecule has 0 saturated carbocycles. The van der Waals surface area contributed by atoms with E-state index in [1.807, 2.05) is 6.92 Å². The number of aryl methyl sites for hydroxylation is 1. The molecule has 0 aliphatic heterocycles. The third kappa shape index (κ3) is 4.80. The molecule has 2 rings (SSSR count). The van der Waals surface area contributed by atoms with Crippen molar-refractivity contribution in [2.24, 2.45) is 5.73 Å². The van der Waals surface area contributed by atoms with Crippen LogP contribution < -0.4 is 10.5 Å². The summed E-state index contributed by atoms with van der Waals surface area (Å²) < 4.78 is 32.0. The number of carbonyl (C=O) groups excluding carboxylic acids is 2. The van der Waals surface area contributed by atoms with E-state index in [1.54, 1.807) is 12.1 Å². The van der Waals surface area contributed by atoms with E-state index in [1.165, 1.54) is 43.3 Å². The van der Waals surface area contributed by atoms with Crippen LogP contribution in [0.25, 0.3) is 0 Å². The molecule has 25 heavy (non-hydrogen) atoms. The Bertz CT molecular complexity index is 892. The highest BCUT2D eigenvalue weighted by atomic mass is 32.2. The van der Waals surface area contributed by atoms with Gasteiger partial charge in [-0.25, -0.2) is 13.2 Å². The zero-order valence-corrected chi connectivity index (χ0v) is 14.5. The van der Waals surface area contributed by atoms with Crippen molar-refractivity contribution in [3.63, 3.8) is 0 Å². The molecule has 0 aliphatic rings. The highest BCUT2D eigenvalue weighted by Crippen LogP contribution is 2.18. The van der Waals surface area contributed by atoms with Crippen molar-refractivity contribution in [3.05, 3.63) is 59.7 Å². The summed E-state index contributed by atoms with van der Waals surface area (Å²) in [5.74, 6) is -1.55. The number of esters is 1. The predicted molar refractivity (Wildman–Crippen MR) is 92.5 cm³/mol. The fraction of sp³-hybridized carbons (Fsp3) is 0.176. The number of amides is 1. The largest absolute Gasteiger partial charge is 0.449 e. The fourth-order valence-corrected chi connectivity index (χ4v) is 2.98. The first-order valence-electron chi connectivity index (χ1n) is 7.39. The van der Waals surface area contributed by atoms with Gasteiger partial charge in [0, 0.05) is 5.69 Å². The Hall–Kier alpha value is -2.87. The van der Waals surface area contributed by atoms with Crippen LogP contribution in [0.3, 0.4) is 0 Å². The van der Waals surface area contributed by atoms with Crippen LogP contribution in [0.15, 0.2) is 53.4 Å². The second-order valence-electron chi connectivity index (χ2n) is 5.45. The summed E-state index contributed by atoms with van der Waals surface area (Å²) in [4.78, 5) is 23.0. The van der Waals surface area contributed by atoms with Gasteiger partial charge >= 0.3 is 5.97 Å². The molecule has 1 amide bonds.